The van der Waals surface area contributed by atoms with Crippen LogP contribution >= 0.6 is 0 Å². The lowest BCUT2D eigenvalue weighted by atomic mass is 10.4. The predicted molar refractivity (Wildman–Crippen MR) is 76.2 cm³/mol. The summed E-state index contributed by atoms with van der Waals surface area (Å²) in [5, 5.41) is 16.7. The van der Waals surface area contributed by atoms with E-state index >= 15 is 0 Å². The van der Waals surface area contributed by atoms with Gasteiger partial charge in [-0.1, -0.05) is 0 Å². The average Bonchev–Trinajstić information content (AvgIpc) is 2.76. The van der Waals surface area contributed by atoms with Gasteiger partial charge in [0, 0.05) is 6.54 Å². The van der Waals surface area contributed by atoms with Crippen molar-refractivity contribution in [3.63, 3.8) is 0 Å². The van der Waals surface area contributed by atoms with E-state index in [9.17, 15) is 10.1 Å². The molecule has 2 aromatic heterocycles. The summed E-state index contributed by atoms with van der Waals surface area (Å²) in [6.07, 6.45) is 1.17. The van der Waals surface area contributed by atoms with Crippen LogP contribution in [0.5, 0.6) is 0 Å². The Hall–Kier alpha value is -2.71. The zero-order chi connectivity index (χ0) is 15.4. The highest BCUT2D eigenvalue weighted by atomic mass is 16.6. The van der Waals surface area contributed by atoms with Crippen molar-refractivity contribution in [2.24, 2.45) is 0 Å². The Bertz CT molecular complexity index is 635. The fourth-order valence-corrected chi connectivity index (χ4v) is 1.66. The SMILES string of the molecule is CCNc1ncc([N+](=O)[O-])c(NCc2nc(C)c(C)o2)n1. The molecule has 0 aliphatic carbocycles. The van der Waals surface area contributed by atoms with Gasteiger partial charge in [-0.15, -0.1) is 0 Å². The maximum Gasteiger partial charge on any atom is 0.329 e. The van der Waals surface area contributed by atoms with Crippen LogP contribution in [0.2, 0.25) is 0 Å². The molecule has 0 amide bonds. The van der Waals surface area contributed by atoms with Crippen molar-refractivity contribution >= 4 is 17.5 Å². The number of hydrogen-bond acceptors (Lipinski definition) is 8. The van der Waals surface area contributed by atoms with Crippen molar-refractivity contribution in [2.45, 2.75) is 27.3 Å². The Balaban J connectivity index is 2.20. The molecule has 0 fully saturated rings. The smallest absolute Gasteiger partial charge is 0.329 e. The zero-order valence-electron chi connectivity index (χ0n) is 12.0. The summed E-state index contributed by atoms with van der Waals surface area (Å²) in [4.78, 5) is 22.6. The third kappa shape index (κ3) is 3.44. The molecular weight excluding hydrogens is 276 g/mol. The fourth-order valence-electron chi connectivity index (χ4n) is 1.66. The summed E-state index contributed by atoms with van der Waals surface area (Å²) in [6, 6.07) is 0. The zero-order valence-corrected chi connectivity index (χ0v) is 12.0. The number of hydrogen-bond donors (Lipinski definition) is 2. The van der Waals surface area contributed by atoms with Gasteiger partial charge >= 0.3 is 5.69 Å². The standard InChI is InChI=1S/C12H16N6O3/c1-4-13-12-15-5-9(18(19)20)11(17-12)14-6-10-16-7(2)8(3)21-10/h5H,4,6H2,1-3H3,(H2,13,14,15,17). The monoisotopic (exact) mass is 292 g/mol. The largest absolute Gasteiger partial charge is 0.444 e. The van der Waals surface area contributed by atoms with Crippen LogP contribution in [0, 0.1) is 24.0 Å². The Kier molecular flexibility index (Phi) is 4.31. The summed E-state index contributed by atoms with van der Waals surface area (Å²) < 4.78 is 5.41. The Morgan fingerprint density at radius 2 is 2.10 bits per heavy atom. The first-order valence-corrected chi connectivity index (χ1v) is 6.43. The summed E-state index contributed by atoms with van der Waals surface area (Å²) in [5.41, 5.74) is 0.592. The van der Waals surface area contributed by atoms with Gasteiger partial charge in [0.15, 0.2) is 0 Å². The van der Waals surface area contributed by atoms with Gasteiger partial charge < -0.3 is 15.1 Å². The summed E-state index contributed by atoms with van der Waals surface area (Å²) >= 11 is 0. The van der Waals surface area contributed by atoms with Crippen molar-refractivity contribution in [1.82, 2.24) is 15.0 Å². The van der Waals surface area contributed by atoms with Crippen molar-refractivity contribution in [2.75, 3.05) is 17.2 Å². The molecule has 0 aromatic carbocycles. The second-order valence-corrected chi connectivity index (χ2v) is 4.32. The minimum absolute atomic E-state index is 0.124. The summed E-state index contributed by atoms with van der Waals surface area (Å²) in [5.74, 6) is 1.62. The average molecular weight is 292 g/mol. The topological polar surface area (TPSA) is 119 Å². The number of nitro groups is 1. The van der Waals surface area contributed by atoms with E-state index in [0.717, 1.165) is 11.5 Å². The van der Waals surface area contributed by atoms with Gasteiger partial charge in [-0.2, -0.15) is 4.98 Å². The van der Waals surface area contributed by atoms with Gasteiger partial charge in [-0.3, -0.25) is 10.1 Å². The van der Waals surface area contributed by atoms with E-state index < -0.39 is 4.92 Å². The lowest BCUT2D eigenvalue weighted by Crippen LogP contribution is -2.09. The number of nitrogens with one attached hydrogen (secondary N) is 2. The maximum absolute atomic E-state index is 11.0. The highest BCUT2D eigenvalue weighted by Gasteiger charge is 2.18. The quantitative estimate of drug-likeness (QED) is 0.613. The number of rotatable bonds is 6. The number of nitrogens with zero attached hydrogens (tertiary/aromatic N) is 4. The number of aromatic nitrogens is 3. The molecule has 0 radical (unpaired) electrons. The van der Waals surface area contributed by atoms with Crippen LogP contribution in [0.25, 0.3) is 0 Å². The fraction of sp³-hybridized carbons (Fsp3) is 0.417. The van der Waals surface area contributed by atoms with Crippen LogP contribution in [0.3, 0.4) is 0 Å². The van der Waals surface area contributed by atoms with Crippen LogP contribution in [0.4, 0.5) is 17.5 Å². The summed E-state index contributed by atoms with van der Waals surface area (Å²) in [6.45, 7) is 6.35. The number of anilines is 2. The van der Waals surface area contributed by atoms with E-state index in [-0.39, 0.29) is 18.1 Å². The lowest BCUT2D eigenvalue weighted by molar-refractivity contribution is -0.384. The van der Waals surface area contributed by atoms with Gasteiger partial charge in [-0.25, -0.2) is 9.97 Å². The molecule has 0 saturated heterocycles. The first-order chi connectivity index (χ1) is 10.0. The Labute approximate surface area is 121 Å². The van der Waals surface area contributed by atoms with Crippen molar-refractivity contribution in [1.29, 1.82) is 0 Å². The van der Waals surface area contributed by atoms with Gasteiger partial charge in [-0.05, 0) is 20.8 Å². The molecule has 0 aliphatic heterocycles. The van der Waals surface area contributed by atoms with E-state index in [2.05, 4.69) is 25.6 Å². The van der Waals surface area contributed by atoms with Crippen LogP contribution in [0.15, 0.2) is 10.6 Å². The molecule has 2 N–H and O–H groups in total. The van der Waals surface area contributed by atoms with E-state index in [1.165, 1.54) is 6.20 Å². The lowest BCUT2D eigenvalue weighted by Gasteiger charge is -2.06. The molecule has 0 bridgehead atoms. The molecule has 2 aromatic rings. The first-order valence-electron chi connectivity index (χ1n) is 6.43. The van der Waals surface area contributed by atoms with Gasteiger partial charge in [0.2, 0.25) is 17.7 Å². The van der Waals surface area contributed by atoms with Crippen LogP contribution < -0.4 is 10.6 Å². The van der Waals surface area contributed by atoms with Crippen LogP contribution in [-0.4, -0.2) is 26.4 Å². The predicted octanol–water partition coefficient (Wildman–Crippen LogP) is 2.03. The minimum Gasteiger partial charge on any atom is -0.444 e. The molecule has 112 valence electrons. The highest BCUT2D eigenvalue weighted by Crippen LogP contribution is 2.22. The Morgan fingerprint density at radius 1 is 1.33 bits per heavy atom. The van der Waals surface area contributed by atoms with Crippen LogP contribution in [-0.2, 0) is 6.54 Å². The molecule has 9 heteroatoms. The van der Waals surface area contributed by atoms with Gasteiger partial charge in [0.25, 0.3) is 0 Å². The normalized spacial score (nSPS) is 10.4. The molecule has 9 nitrogen and oxygen atoms in total. The molecule has 0 unspecified atom stereocenters. The maximum atomic E-state index is 11.0. The minimum atomic E-state index is -0.538. The molecule has 0 saturated carbocycles. The van der Waals surface area contributed by atoms with E-state index in [0.29, 0.717) is 18.4 Å². The molecule has 0 atom stereocenters. The molecular formula is C12H16N6O3. The third-order valence-corrected chi connectivity index (χ3v) is 2.78. The van der Waals surface area contributed by atoms with E-state index in [1.54, 1.807) is 0 Å². The number of aryl methyl sites for hydroxylation is 2. The third-order valence-electron chi connectivity index (χ3n) is 2.78. The molecule has 0 spiro atoms. The van der Waals surface area contributed by atoms with E-state index in [4.69, 9.17) is 4.42 Å². The van der Waals surface area contributed by atoms with E-state index in [1.807, 2.05) is 20.8 Å². The molecule has 2 heterocycles. The van der Waals surface area contributed by atoms with Crippen molar-refractivity contribution in [3.8, 4) is 0 Å². The van der Waals surface area contributed by atoms with Crippen LogP contribution in [0.1, 0.15) is 24.3 Å². The van der Waals surface area contributed by atoms with Crippen molar-refractivity contribution < 1.29 is 9.34 Å². The van der Waals surface area contributed by atoms with Crippen molar-refractivity contribution in [3.05, 3.63) is 33.7 Å². The van der Waals surface area contributed by atoms with Gasteiger partial charge in [0.05, 0.1) is 17.2 Å². The second-order valence-electron chi connectivity index (χ2n) is 4.32. The second kappa shape index (κ2) is 6.16. The molecule has 0 aliphatic rings. The number of oxazole rings is 1. The van der Waals surface area contributed by atoms with Gasteiger partial charge in [0.1, 0.15) is 12.0 Å². The Morgan fingerprint density at radius 3 is 2.67 bits per heavy atom. The molecule has 2 rings (SSSR count). The molecule has 21 heavy (non-hydrogen) atoms. The summed E-state index contributed by atoms with van der Waals surface area (Å²) in [7, 11) is 0. The first kappa shape index (κ1) is 14.7. The highest BCUT2D eigenvalue weighted by molar-refractivity contribution is 5.56.